The minimum atomic E-state index is 0.0341. The van der Waals surface area contributed by atoms with Crippen LogP contribution in [0.1, 0.15) is 31.2 Å². The molecule has 0 aliphatic heterocycles. The van der Waals surface area contributed by atoms with Crippen LogP contribution >= 0.6 is 0 Å². The number of hydrogen-bond donors (Lipinski definition) is 1. The molecule has 2 saturated carbocycles. The van der Waals surface area contributed by atoms with Crippen molar-refractivity contribution in [1.29, 1.82) is 0 Å². The van der Waals surface area contributed by atoms with Crippen LogP contribution in [0.5, 0.6) is 0 Å². The van der Waals surface area contributed by atoms with Crippen molar-refractivity contribution in [2.24, 2.45) is 17.6 Å². The van der Waals surface area contributed by atoms with Gasteiger partial charge in [-0.15, -0.1) is 0 Å². The van der Waals surface area contributed by atoms with Crippen molar-refractivity contribution in [3.63, 3.8) is 0 Å². The van der Waals surface area contributed by atoms with E-state index in [2.05, 4.69) is 30.3 Å². The lowest BCUT2D eigenvalue weighted by atomic mass is 9.79. The highest BCUT2D eigenvalue weighted by Gasteiger charge is 2.56. The first kappa shape index (κ1) is 8.49. The van der Waals surface area contributed by atoms with Gasteiger partial charge in [0.25, 0.3) is 0 Å². The second-order valence-corrected chi connectivity index (χ2v) is 4.91. The lowest BCUT2D eigenvalue weighted by Crippen LogP contribution is -2.27. The van der Waals surface area contributed by atoms with Crippen LogP contribution in [0, 0.1) is 11.8 Å². The van der Waals surface area contributed by atoms with Crippen molar-refractivity contribution in [3.05, 3.63) is 35.9 Å². The quantitative estimate of drug-likeness (QED) is 0.756. The topological polar surface area (TPSA) is 26.0 Å². The van der Waals surface area contributed by atoms with E-state index in [1.54, 1.807) is 0 Å². The Morgan fingerprint density at radius 2 is 1.86 bits per heavy atom. The highest BCUT2D eigenvalue weighted by Crippen LogP contribution is 2.58. The van der Waals surface area contributed by atoms with Crippen molar-refractivity contribution < 1.29 is 0 Å². The zero-order chi connectivity index (χ0) is 9.60. The zero-order valence-electron chi connectivity index (χ0n) is 8.45. The minimum absolute atomic E-state index is 0.0341. The predicted octanol–water partition coefficient (Wildman–Crippen LogP) is 2.66. The summed E-state index contributed by atoms with van der Waals surface area (Å²) in [6, 6.07) is 10.6. The molecule has 0 saturated heterocycles. The van der Waals surface area contributed by atoms with Gasteiger partial charge in [0.1, 0.15) is 0 Å². The molecule has 14 heavy (non-hydrogen) atoms. The molecular formula is C13H17N. The van der Waals surface area contributed by atoms with Crippen molar-refractivity contribution >= 4 is 0 Å². The zero-order valence-corrected chi connectivity index (χ0v) is 8.45. The number of rotatable bonds is 2. The van der Waals surface area contributed by atoms with Crippen LogP contribution in [0.25, 0.3) is 0 Å². The molecule has 2 N–H and O–H groups in total. The number of hydrogen-bond acceptors (Lipinski definition) is 1. The largest absolute Gasteiger partial charge is 0.321 e. The lowest BCUT2D eigenvalue weighted by molar-refractivity contribution is 0.258. The van der Waals surface area contributed by atoms with Gasteiger partial charge in [-0.3, -0.25) is 0 Å². The van der Waals surface area contributed by atoms with E-state index >= 15 is 0 Å². The van der Waals surface area contributed by atoms with E-state index in [9.17, 15) is 0 Å². The molecule has 2 aliphatic carbocycles. The highest BCUT2D eigenvalue weighted by molar-refractivity contribution is 5.32. The fraction of sp³-hybridized carbons (Fsp3) is 0.538. The van der Waals surface area contributed by atoms with E-state index in [0.717, 1.165) is 11.8 Å². The molecule has 1 heteroatoms. The summed E-state index contributed by atoms with van der Waals surface area (Å²) < 4.78 is 0. The van der Waals surface area contributed by atoms with Gasteiger partial charge in [0.2, 0.25) is 0 Å². The third kappa shape index (κ3) is 1.12. The van der Waals surface area contributed by atoms with Crippen molar-refractivity contribution in [2.75, 3.05) is 0 Å². The minimum Gasteiger partial charge on any atom is -0.321 e. The van der Waals surface area contributed by atoms with Crippen LogP contribution in [0.15, 0.2) is 30.3 Å². The van der Waals surface area contributed by atoms with Crippen LogP contribution in [-0.2, 0) is 5.54 Å². The fourth-order valence-corrected chi connectivity index (χ4v) is 2.81. The van der Waals surface area contributed by atoms with Gasteiger partial charge < -0.3 is 5.73 Å². The Morgan fingerprint density at radius 1 is 1.14 bits per heavy atom. The average Bonchev–Trinajstić information content (AvgIpc) is 2.78. The first-order chi connectivity index (χ1) is 6.81. The predicted molar refractivity (Wildman–Crippen MR) is 57.8 cm³/mol. The smallest absolute Gasteiger partial charge is 0.0445 e. The second-order valence-electron chi connectivity index (χ2n) is 4.91. The molecule has 2 unspecified atom stereocenters. The maximum atomic E-state index is 6.42. The van der Waals surface area contributed by atoms with Crippen LogP contribution in [0.4, 0.5) is 0 Å². The second kappa shape index (κ2) is 2.83. The maximum absolute atomic E-state index is 6.42. The fourth-order valence-electron chi connectivity index (χ4n) is 2.81. The van der Waals surface area contributed by atoms with Crippen LogP contribution < -0.4 is 5.73 Å². The molecule has 74 valence electrons. The van der Waals surface area contributed by atoms with Crippen LogP contribution in [-0.4, -0.2) is 0 Å². The van der Waals surface area contributed by atoms with Gasteiger partial charge in [0, 0.05) is 5.54 Å². The van der Waals surface area contributed by atoms with Gasteiger partial charge in [0.15, 0.2) is 0 Å². The van der Waals surface area contributed by atoms with Gasteiger partial charge >= 0.3 is 0 Å². The van der Waals surface area contributed by atoms with E-state index in [1.807, 2.05) is 0 Å². The Kier molecular flexibility index (Phi) is 1.72. The number of nitrogens with two attached hydrogens (primary N) is 1. The monoisotopic (exact) mass is 187 g/mol. The standard InChI is InChI=1S/C13H17N/c14-13(11-7-2-1-3-8-11)9-12(13)10-5-4-6-10/h1-3,7-8,10,12H,4-6,9,14H2. The third-order valence-electron chi connectivity index (χ3n) is 4.09. The molecule has 3 rings (SSSR count). The molecule has 0 bridgehead atoms. The molecule has 2 aliphatic rings. The molecule has 0 amide bonds. The van der Waals surface area contributed by atoms with Gasteiger partial charge in [-0.1, -0.05) is 49.6 Å². The van der Waals surface area contributed by atoms with Gasteiger partial charge in [-0.05, 0) is 23.8 Å². The van der Waals surface area contributed by atoms with Crippen LogP contribution in [0.2, 0.25) is 0 Å². The molecule has 2 fully saturated rings. The summed E-state index contributed by atoms with van der Waals surface area (Å²) in [6.45, 7) is 0. The van der Waals surface area contributed by atoms with E-state index < -0.39 is 0 Å². The Bertz CT molecular complexity index is 328. The summed E-state index contributed by atoms with van der Waals surface area (Å²) in [5, 5.41) is 0. The Balaban J connectivity index is 1.80. The highest BCUT2D eigenvalue weighted by atomic mass is 14.9. The molecular weight excluding hydrogens is 170 g/mol. The Labute approximate surface area is 85.3 Å². The van der Waals surface area contributed by atoms with E-state index in [-0.39, 0.29) is 5.54 Å². The van der Waals surface area contributed by atoms with E-state index in [0.29, 0.717) is 0 Å². The van der Waals surface area contributed by atoms with E-state index in [4.69, 9.17) is 5.73 Å². The third-order valence-corrected chi connectivity index (χ3v) is 4.09. The van der Waals surface area contributed by atoms with Gasteiger partial charge in [0.05, 0.1) is 0 Å². The molecule has 1 aromatic rings. The van der Waals surface area contributed by atoms with Gasteiger partial charge in [-0.25, -0.2) is 0 Å². The summed E-state index contributed by atoms with van der Waals surface area (Å²) in [4.78, 5) is 0. The molecule has 0 aromatic heterocycles. The first-order valence-corrected chi connectivity index (χ1v) is 5.65. The molecule has 0 heterocycles. The van der Waals surface area contributed by atoms with E-state index in [1.165, 1.54) is 31.2 Å². The molecule has 0 radical (unpaired) electrons. The van der Waals surface area contributed by atoms with Crippen molar-refractivity contribution in [2.45, 2.75) is 31.2 Å². The summed E-state index contributed by atoms with van der Waals surface area (Å²) in [5.41, 5.74) is 7.80. The summed E-state index contributed by atoms with van der Waals surface area (Å²) in [6.07, 6.45) is 5.46. The number of benzene rings is 1. The first-order valence-electron chi connectivity index (χ1n) is 5.65. The summed E-state index contributed by atoms with van der Waals surface area (Å²) >= 11 is 0. The lowest BCUT2D eigenvalue weighted by Gasteiger charge is -2.27. The summed E-state index contributed by atoms with van der Waals surface area (Å²) in [7, 11) is 0. The van der Waals surface area contributed by atoms with Gasteiger partial charge in [-0.2, -0.15) is 0 Å². The van der Waals surface area contributed by atoms with Crippen LogP contribution in [0.3, 0.4) is 0 Å². The molecule has 0 spiro atoms. The molecule has 1 aromatic carbocycles. The molecule has 2 atom stereocenters. The normalized spacial score (nSPS) is 36.5. The SMILES string of the molecule is NC1(c2ccccc2)CC1C1CCC1. The Morgan fingerprint density at radius 3 is 2.43 bits per heavy atom. The maximum Gasteiger partial charge on any atom is 0.0445 e. The van der Waals surface area contributed by atoms with Crippen molar-refractivity contribution in [3.8, 4) is 0 Å². The average molecular weight is 187 g/mol. The summed E-state index contributed by atoms with van der Waals surface area (Å²) in [5.74, 6) is 1.71. The molecule has 1 nitrogen and oxygen atoms in total. The Hall–Kier alpha value is -0.820. The van der Waals surface area contributed by atoms with Crippen molar-refractivity contribution in [1.82, 2.24) is 0 Å².